The van der Waals surface area contributed by atoms with Gasteiger partial charge in [-0.05, 0) is 31.0 Å². The predicted octanol–water partition coefficient (Wildman–Crippen LogP) is 3.21. The van der Waals surface area contributed by atoms with E-state index in [9.17, 15) is 27.6 Å². The molecule has 1 saturated carbocycles. The fourth-order valence-electron chi connectivity index (χ4n) is 3.66. The number of halogens is 3. The van der Waals surface area contributed by atoms with Gasteiger partial charge in [-0.25, -0.2) is 0 Å². The molecule has 140 valence electrons. The van der Waals surface area contributed by atoms with E-state index < -0.39 is 17.6 Å². The molecule has 0 bridgehead atoms. The number of carbonyl (C=O) groups is 3. The summed E-state index contributed by atoms with van der Waals surface area (Å²) in [5, 5.41) is 2.38. The highest BCUT2D eigenvalue weighted by molar-refractivity contribution is 6.05. The van der Waals surface area contributed by atoms with Crippen LogP contribution in [0.5, 0.6) is 0 Å². The quantitative estimate of drug-likeness (QED) is 0.830. The Morgan fingerprint density at radius 3 is 2.31 bits per heavy atom. The van der Waals surface area contributed by atoms with Gasteiger partial charge in [0, 0.05) is 18.7 Å². The maximum atomic E-state index is 12.7. The molecule has 0 spiro atoms. The molecule has 0 unspecified atom stereocenters. The largest absolute Gasteiger partial charge is 0.416 e. The third-order valence-electron chi connectivity index (χ3n) is 4.97. The van der Waals surface area contributed by atoms with Gasteiger partial charge in [-0.2, -0.15) is 13.2 Å². The smallest absolute Gasteiger partial charge is 0.326 e. The Labute approximate surface area is 148 Å². The molecule has 0 aromatic heterocycles. The van der Waals surface area contributed by atoms with E-state index in [0.29, 0.717) is 12.8 Å². The molecule has 3 amide bonds. The molecule has 8 heteroatoms. The Morgan fingerprint density at radius 1 is 1.12 bits per heavy atom. The molecule has 26 heavy (non-hydrogen) atoms. The summed E-state index contributed by atoms with van der Waals surface area (Å²) in [6.45, 7) is -0.0462. The van der Waals surface area contributed by atoms with Crippen molar-refractivity contribution in [3.8, 4) is 0 Å². The van der Waals surface area contributed by atoms with Crippen molar-refractivity contribution in [2.45, 2.75) is 38.3 Å². The summed E-state index contributed by atoms with van der Waals surface area (Å²) in [5.41, 5.74) is -0.832. The van der Waals surface area contributed by atoms with Crippen LogP contribution in [0.2, 0.25) is 0 Å². The van der Waals surface area contributed by atoms with Crippen LogP contribution in [0.1, 0.15) is 37.7 Å². The van der Waals surface area contributed by atoms with Crippen molar-refractivity contribution >= 4 is 23.4 Å². The number of hydrogen-bond donors (Lipinski definition) is 1. The predicted molar refractivity (Wildman–Crippen MR) is 86.9 cm³/mol. The van der Waals surface area contributed by atoms with Crippen LogP contribution in [0, 0.1) is 11.8 Å². The Hall–Kier alpha value is -2.38. The second-order valence-corrected chi connectivity index (χ2v) is 6.70. The van der Waals surface area contributed by atoms with Crippen molar-refractivity contribution in [3.63, 3.8) is 0 Å². The van der Waals surface area contributed by atoms with Gasteiger partial charge in [-0.15, -0.1) is 0 Å². The van der Waals surface area contributed by atoms with Crippen LogP contribution < -0.4 is 5.32 Å². The van der Waals surface area contributed by atoms with Gasteiger partial charge in [-0.3, -0.25) is 19.3 Å². The number of benzene rings is 1. The lowest BCUT2D eigenvalue weighted by molar-refractivity contribution is -0.140. The Bertz CT molecular complexity index is 709. The number of likely N-dealkylation sites (tertiary alicyclic amines) is 1. The number of carbonyl (C=O) groups excluding carboxylic acids is 3. The summed E-state index contributed by atoms with van der Waals surface area (Å²) in [6, 6.07) is 4.32. The molecule has 1 heterocycles. The molecule has 3 rings (SSSR count). The topological polar surface area (TPSA) is 66.5 Å². The van der Waals surface area contributed by atoms with E-state index in [1.165, 1.54) is 12.1 Å². The number of nitrogens with zero attached hydrogens (tertiary/aromatic N) is 1. The lowest BCUT2D eigenvalue weighted by Gasteiger charge is -2.19. The average molecular weight is 368 g/mol. The van der Waals surface area contributed by atoms with Crippen molar-refractivity contribution in [1.82, 2.24) is 4.90 Å². The van der Waals surface area contributed by atoms with E-state index in [1.807, 2.05) is 0 Å². The van der Waals surface area contributed by atoms with Gasteiger partial charge in [-0.1, -0.05) is 18.9 Å². The van der Waals surface area contributed by atoms with Gasteiger partial charge in [0.25, 0.3) is 0 Å². The fourth-order valence-corrected chi connectivity index (χ4v) is 3.66. The Balaban J connectivity index is 1.58. The zero-order valence-electron chi connectivity index (χ0n) is 14.0. The highest BCUT2D eigenvalue weighted by atomic mass is 19.4. The Kier molecular flexibility index (Phi) is 5.02. The van der Waals surface area contributed by atoms with Crippen LogP contribution in [0.15, 0.2) is 24.3 Å². The van der Waals surface area contributed by atoms with E-state index in [4.69, 9.17) is 0 Å². The number of alkyl halides is 3. The van der Waals surface area contributed by atoms with E-state index >= 15 is 0 Å². The molecule has 0 radical (unpaired) electrons. The van der Waals surface area contributed by atoms with E-state index in [1.54, 1.807) is 0 Å². The molecule has 1 saturated heterocycles. The molecule has 1 aromatic carbocycles. The molecule has 1 aromatic rings. The summed E-state index contributed by atoms with van der Waals surface area (Å²) in [6.07, 6.45) is -1.41. The SMILES string of the molecule is O=C(CCN1C(=O)[C@H]2CCCC[C@@H]2C1=O)Nc1cccc(C(F)(F)F)c1. The number of amides is 3. The number of fused-ring (bicyclic) bond motifs is 1. The molecule has 5 nitrogen and oxygen atoms in total. The maximum Gasteiger partial charge on any atom is 0.416 e. The standard InChI is InChI=1S/C18H19F3N2O3/c19-18(20,21)11-4-3-5-12(10-11)22-15(24)8-9-23-16(25)13-6-1-2-7-14(13)17(23)26/h3-5,10,13-14H,1-2,6-9H2,(H,22,24)/t13-,14-/m0/s1. The minimum atomic E-state index is -4.49. The average Bonchev–Trinajstić information content (AvgIpc) is 2.84. The first-order valence-corrected chi connectivity index (χ1v) is 8.59. The second-order valence-electron chi connectivity index (χ2n) is 6.70. The van der Waals surface area contributed by atoms with Gasteiger partial charge in [0.05, 0.1) is 17.4 Å². The van der Waals surface area contributed by atoms with Crippen molar-refractivity contribution in [3.05, 3.63) is 29.8 Å². The minimum absolute atomic E-state index is 0.0255. The van der Waals surface area contributed by atoms with Crippen LogP contribution in [0.3, 0.4) is 0 Å². The van der Waals surface area contributed by atoms with Gasteiger partial charge in [0.15, 0.2) is 0 Å². The normalized spacial score (nSPS) is 23.1. The monoisotopic (exact) mass is 368 g/mol. The molecular formula is C18H19F3N2O3. The summed E-state index contributed by atoms with van der Waals surface area (Å²) >= 11 is 0. The highest BCUT2D eigenvalue weighted by Gasteiger charge is 2.47. The van der Waals surface area contributed by atoms with Gasteiger partial charge >= 0.3 is 6.18 Å². The van der Waals surface area contributed by atoms with Crippen LogP contribution in [0.4, 0.5) is 18.9 Å². The molecule has 1 aliphatic heterocycles. The number of nitrogens with one attached hydrogen (secondary N) is 1. The summed E-state index contributed by atoms with van der Waals surface area (Å²) < 4.78 is 38.1. The first-order chi connectivity index (χ1) is 12.3. The molecule has 2 aliphatic rings. The van der Waals surface area contributed by atoms with Crippen molar-refractivity contribution in [2.75, 3.05) is 11.9 Å². The third-order valence-corrected chi connectivity index (χ3v) is 4.97. The summed E-state index contributed by atoms with van der Waals surface area (Å²) in [5.74, 6) is -1.55. The Morgan fingerprint density at radius 2 is 1.73 bits per heavy atom. The first-order valence-electron chi connectivity index (χ1n) is 8.59. The minimum Gasteiger partial charge on any atom is -0.326 e. The molecule has 1 aliphatic carbocycles. The molecule has 1 N–H and O–H groups in total. The maximum absolute atomic E-state index is 12.7. The van der Waals surface area contributed by atoms with E-state index in [2.05, 4.69) is 5.32 Å². The van der Waals surface area contributed by atoms with Crippen LogP contribution in [-0.4, -0.2) is 29.2 Å². The number of anilines is 1. The lowest BCUT2D eigenvalue weighted by Crippen LogP contribution is -2.34. The van der Waals surface area contributed by atoms with Crippen LogP contribution in [-0.2, 0) is 20.6 Å². The number of rotatable bonds is 4. The zero-order valence-corrected chi connectivity index (χ0v) is 14.0. The molecular weight excluding hydrogens is 349 g/mol. The number of hydrogen-bond acceptors (Lipinski definition) is 3. The first kappa shape index (κ1) is 18.4. The number of imide groups is 1. The van der Waals surface area contributed by atoms with Gasteiger partial charge in [0.2, 0.25) is 17.7 Å². The van der Waals surface area contributed by atoms with Gasteiger partial charge < -0.3 is 5.32 Å². The van der Waals surface area contributed by atoms with Crippen molar-refractivity contribution in [2.24, 2.45) is 11.8 Å². The van der Waals surface area contributed by atoms with Crippen LogP contribution in [0.25, 0.3) is 0 Å². The van der Waals surface area contributed by atoms with Crippen molar-refractivity contribution < 1.29 is 27.6 Å². The lowest BCUT2D eigenvalue weighted by atomic mass is 9.81. The third kappa shape index (κ3) is 3.73. The second kappa shape index (κ2) is 7.09. The fraction of sp³-hybridized carbons (Fsp3) is 0.500. The molecule has 2 atom stereocenters. The van der Waals surface area contributed by atoms with E-state index in [-0.39, 0.29) is 42.3 Å². The highest BCUT2D eigenvalue weighted by Crippen LogP contribution is 2.38. The zero-order chi connectivity index (χ0) is 18.9. The van der Waals surface area contributed by atoms with E-state index in [0.717, 1.165) is 29.9 Å². The van der Waals surface area contributed by atoms with Crippen molar-refractivity contribution in [1.29, 1.82) is 0 Å². The summed E-state index contributed by atoms with van der Waals surface area (Å²) in [7, 11) is 0. The van der Waals surface area contributed by atoms with Gasteiger partial charge in [0.1, 0.15) is 0 Å². The molecule has 2 fully saturated rings. The van der Waals surface area contributed by atoms with Crippen LogP contribution >= 0.6 is 0 Å². The summed E-state index contributed by atoms with van der Waals surface area (Å²) in [4.78, 5) is 37.8.